The van der Waals surface area contributed by atoms with Gasteiger partial charge >= 0.3 is 0 Å². The topological polar surface area (TPSA) is 26.0 Å². The number of aryl methyl sites for hydroxylation is 1. The Morgan fingerprint density at radius 2 is 1.94 bits per heavy atom. The van der Waals surface area contributed by atoms with Gasteiger partial charge in [0.1, 0.15) is 0 Å². The minimum atomic E-state index is 0.568. The molecule has 1 fully saturated rings. The number of hydrogen-bond donors (Lipinski definition) is 1. The number of benzene rings is 1. The summed E-state index contributed by atoms with van der Waals surface area (Å²) in [4.78, 5) is 0. The van der Waals surface area contributed by atoms with Crippen LogP contribution in [0.15, 0.2) is 24.3 Å². The molecule has 100 valence electrons. The maximum atomic E-state index is 6.05. The average molecular weight is 245 g/mol. The molecule has 0 saturated heterocycles. The minimum absolute atomic E-state index is 0.568. The first-order chi connectivity index (χ1) is 8.74. The summed E-state index contributed by atoms with van der Waals surface area (Å²) in [7, 11) is 0. The second-order valence-corrected chi connectivity index (χ2v) is 5.97. The summed E-state index contributed by atoms with van der Waals surface area (Å²) >= 11 is 0. The fraction of sp³-hybridized carbons (Fsp3) is 0.647. The molecule has 1 aromatic carbocycles. The lowest BCUT2D eigenvalue weighted by atomic mass is 9.73. The summed E-state index contributed by atoms with van der Waals surface area (Å²) in [6.07, 6.45) is 6.63. The lowest BCUT2D eigenvalue weighted by Crippen LogP contribution is -2.26. The van der Waals surface area contributed by atoms with Crippen molar-refractivity contribution in [1.82, 2.24) is 0 Å². The van der Waals surface area contributed by atoms with Crippen molar-refractivity contribution in [2.75, 3.05) is 6.54 Å². The normalized spacial score (nSPS) is 25.9. The van der Waals surface area contributed by atoms with Crippen LogP contribution in [-0.2, 0) is 6.42 Å². The van der Waals surface area contributed by atoms with E-state index in [4.69, 9.17) is 5.73 Å². The van der Waals surface area contributed by atoms with Gasteiger partial charge in [-0.15, -0.1) is 0 Å². The summed E-state index contributed by atoms with van der Waals surface area (Å²) in [5.41, 5.74) is 8.93. The molecular weight excluding hydrogens is 218 g/mol. The third-order valence-corrected chi connectivity index (χ3v) is 4.62. The second-order valence-electron chi connectivity index (χ2n) is 5.97. The Morgan fingerprint density at radius 1 is 1.22 bits per heavy atom. The maximum absolute atomic E-state index is 6.05. The van der Waals surface area contributed by atoms with Crippen molar-refractivity contribution in [2.45, 2.75) is 51.9 Å². The van der Waals surface area contributed by atoms with Gasteiger partial charge in [-0.05, 0) is 54.7 Å². The van der Waals surface area contributed by atoms with E-state index in [1.54, 1.807) is 0 Å². The molecular formula is C17H27N. The van der Waals surface area contributed by atoms with E-state index in [-0.39, 0.29) is 0 Å². The molecule has 1 aromatic rings. The van der Waals surface area contributed by atoms with Crippen molar-refractivity contribution in [1.29, 1.82) is 0 Å². The van der Waals surface area contributed by atoms with Gasteiger partial charge in [0.2, 0.25) is 0 Å². The van der Waals surface area contributed by atoms with Crippen molar-refractivity contribution < 1.29 is 0 Å². The Bertz CT molecular complexity index is 354. The first-order valence-corrected chi connectivity index (χ1v) is 7.53. The largest absolute Gasteiger partial charge is 0.330 e. The lowest BCUT2D eigenvalue weighted by molar-refractivity contribution is 0.248. The van der Waals surface area contributed by atoms with Crippen LogP contribution in [0.5, 0.6) is 0 Å². The zero-order valence-corrected chi connectivity index (χ0v) is 11.9. The predicted octanol–water partition coefficient (Wildman–Crippen LogP) is 4.12. The minimum Gasteiger partial charge on any atom is -0.330 e. The molecule has 0 radical (unpaired) electrons. The van der Waals surface area contributed by atoms with Crippen LogP contribution in [0.4, 0.5) is 0 Å². The smallest absolute Gasteiger partial charge is 0.000556 e. The molecule has 1 heteroatoms. The Balaban J connectivity index is 2.11. The molecule has 0 amide bonds. The maximum Gasteiger partial charge on any atom is -0.000556 e. The molecule has 1 nitrogen and oxygen atoms in total. The van der Waals surface area contributed by atoms with Crippen LogP contribution in [-0.4, -0.2) is 6.54 Å². The second kappa shape index (κ2) is 6.38. The Hall–Kier alpha value is -0.820. The van der Waals surface area contributed by atoms with Crippen LogP contribution in [0.25, 0.3) is 0 Å². The van der Waals surface area contributed by atoms with E-state index < -0.39 is 0 Å². The Morgan fingerprint density at radius 3 is 2.50 bits per heavy atom. The van der Waals surface area contributed by atoms with Crippen molar-refractivity contribution in [3.63, 3.8) is 0 Å². The first kappa shape index (κ1) is 13.6. The molecule has 3 atom stereocenters. The molecule has 0 spiro atoms. The van der Waals surface area contributed by atoms with Gasteiger partial charge in [-0.2, -0.15) is 0 Å². The van der Waals surface area contributed by atoms with Gasteiger partial charge in [-0.3, -0.25) is 0 Å². The average Bonchev–Trinajstić information content (AvgIpc) is 2.40. The molecule has 3 unspecified atom stereocenters. The molecule has 1 aliphatic carbocycles. The first-order valence-electron chi connectivity index (χ1n) is 7.53. The monoisotopic (exact) mass is 245 g/mol. The highest BCUT2D eigenvalue weighted by atomic mass is 14.6. The van der Waals surface area contributed by atoms with E-state index in [1.165, 1.54) is 36.8 Å². The van der Waals surface area contributed by atoms with Crippen LogP contribution in [0, 0.1) is 11.8 Å². The molecule has 0 aliphatic heterocycles. The molecule has 1 saturated carbocycles. The molecule has 1 aliphatic rings. The van der Waals surface area contributed by atoms with E-state index in [0.717, 1.165) is 24.8 Å². The highest BCUT2D eigenvalue weighted by Crippen LogP contribution is 2.37. The van der Waals surface area contributed by atoms with Crippen molar-refractivity contribution in [2.24, 2.45) is 17.6 Å². The van der Waals surface area contributed by atoms with E-state index in [2.05, 4.69) is 38.1 Å². The van der Waals surface area contributed by atoms with Gasteiger partial charge < -0.3 is 5.73 Å². The summed E-state index contributed by atoms with van der Waals surface area (Å²) < 4.78 is 0. The summed E-state index contributed by atoms with van der Waals surface area (Å²) in [5, 5.41) is 0. The van der Waals surface area contributed by atoms with Crippen LogP contribution in [0.1, 0.15) is 56.6 Å². The van der Waals surface area contributed by atoms with E-state index in [9.17, 15) is 0 Å². The number of nitrogens with two attached hydrogens (primary N) is 1. The van der Waals surface area contributed by atoms with E-state index in [0.29, 0.717) is 5.92 Å². The van der Waals surface area contributed by atoms with Crippen LogP contribution in [0.3, 0.4) is 0 Å². The van der Waals surface area contributed by atoms with Gasteiger partial charge in [0.25, 0.3) is 0 Å². The number of hydrogen-bond acceptors (Lipinski definition) is 1. The Labute approximate surface area is 112 Å². The van der Waals surface area contributed by atoms with Gasteiger partial charge in [-0.25, -0.2) is 0 Å². The van der Waals surface area contributed by atoms with E-state index in [1.807, 2.05) is 0 Å². The predicted molar refractivity (Wildman–Crippen MR) is 78.7 cm³/mol. The van der Waals surface area contributed by atoms with Gasteiger partial charge in [-0.1, -0.05) is 51.0 Å². The van der Waals surface area contributed by atoms with E-state index >= 15 is 0 Å². The lowest BCUT2D eigenvalue weighted by Gasteiger charge is -2.33. The summed E-state index contributed by atoms with van der Waals surface area (Å²) in [6, 6.07) is 9.14. The van der Waals surface area contributed by atoms with Crippen LogP contribution in [0.2, 0.25) is 0 Å². The fourth-order valence-electron chi connectivity index (χ4n) is 3.45. The Kier molecular flexibility index (Phi) is 4.82. The third kappa shape index (κ3) is 3.14. The highest BCUT2D eigenvalue weighted by Gasteiger charge is 2.26. The van der Waals surface area contributed by atoms with Gasteiger partial charge in [0.05, 0.1) is 0 Å². The number of rotatable bonds is 4. The third-order valence-electron chi connectivity index (χ3n) is 4.62. The summed E-state index contributed by atoms with van der Waals surface area (Å²) in [5.74, 6) is 2.25. The molecule has 0 bridgehead atoms. The molecule has 2 rings (SSSR count). The standard InChI is InChI=1S/C17H27N/c1-3-14-7-9-15(10-8-14)17(12-18)16-6-4-5-13(2)11-16/h7-10,13,16-17H,3-6,11-12,18H2,1-2H3. The van der Waals surface area contributed by atoms with Crippen molar-refractivity contribution in [3.8, 4) is 0 Å². The zero-order valence-electron chi connectivity index (χ0n) is 11.9. The molecule has 0 heterocycles. The SMILES string of the molecule is CCc1ccc(C(CN)C2CCCC(C)C2)cc1. The fourth-order valence-corrected chi connectivity index (χ4v) is 3.45. The van der Waals surface area contributed by atoms with Crippen molar-refractivity contribution >= 4 is 0 Å². The molecule has 2 N–H and O–H groups in total. The zero-order chi connectivity index (χ0) is 13.0. The highest BCUT2D eigenvalue weighted by molar-refractivity contribution is 5.26. The van der Waals surface area contributed by atoms with Crippen LogP contribution >= 0.6 is 0 Å². The van der Waals surface area contributed by atoms with Gasteiger partial charge in [0.15, 0.2) is 0 Å². The molecule has 18 heavy (non-hydrogen) atoms. The summed E-state index contributed by atoms with van der Waals surface area (Å²) in [6.45, 7) is 5.39. The van der Waals surface area contributed by atoms with Crippen molar-refractivity contribution in [3.05, 3.63) is 35.4 Å². The molecule has 0 aromatic heterocycles. The quantitative estimate of drug-likeness (QED) is 0.848. The van der Waals surface area contributed by atoms with Crippen LogP contribution < -0.4 is 5.73 Å². The van der Waals surface area contributed by atoms with Gasteiger partial charge in [0, 0.05) is 0 Å².